The molecule has 0 spiro atoms. The van der Waals surface area contributed by atoms with Crippen molar-refractivity contribution < 1.29 is 13.7 Å². The van der Waals surface area contributed by atoms with Gasteiger partial charge in [0.25, 0.3) is 0 Å². The number of hydrogen-bond donors (Lipinski definition) is 0. The second kappa shape index (κ2) is 19.5. The number of hydrogen-bond acceptors (Lipinski definition) is 3. The Morgan fingerprint density at radius 1 is 0.824 bits per heavy atom. The van der Waals surface area contributed by atoms with E-state index in [2.05, 4.69) is 46.8 Å². The fraction of sp³-hybridized carbons (Fsp3) is 0.800. The van der Waals surface area contributed by atoms with Crippen LogP contribution in [-0.2, 0) is 26.9 Å². The van der Waals surface area contributed by atoms with Gasteiger partial charge in [0.1, 0.15) is 0 Å². The molecule has 0 aliphatic heterocycles. The molecule has 3 nitrogen and oxygen atoms in total. The highest BCUT2D eigenvalue weighted by molar-refractivity contribution is 7.84. The van der Waals surface area contributed by atoms with Crippen LogP contribution in [0, 0.1) is 11.3 Å². The molecule has 0 aromatic heterocycles. The summed E-state index contributed by atoms with van der Waals surface area (Å²) in [6.45, 7) is 13.2. The van der Waals surface area contributed by atoms with E-state index >= 15 is 0 Å². The topological polar surface area (TPSA) is 35.5 Å². The molecule has 0 radical (unpaired) electrons. The van der Waals surface area contributed by atoms with Crippen molar-refractivity contribution in [3.05, 3.63) is 35.9 Å². The van der Waals surface area contributed by atoms with Gasteiger partial charge in [-0.1, -0.05) is 116 Å². The minimum atomic E-state index is -0.706. The molecule has 2 atom stereocenters. The number of rotatable bonds is 21. The Labute approximate surface area is 214 Å². The Bertz CT molecular complexity index is 609. The summed E-state index contributed by atoms with van der Waals surface area (Å²) in [4.78, 5) is 0. The third-order valence-electron chi connectivity index (χ3n) is 6.04. The van der Waals surface area contributed by atoms with Gasteiger partial charge in [-0.2, -0.15) is 0 Å². The Kier molecular flexibility index (Phi) is 17.9. The Morgan fingerprint density at radius 2 is 1.41 bits per heavy atom. The number of ether oxygens (including phenoxy) is 2. The molecule has 0 fully saturated rings. The van der Waals surface area contributed by atoms with Crippen LogP contribution in [0.25, 0.3) is 0 Å². The van der Waals surface area contributed by atoms with Crippen molar-refractivity contribution >= 4 is 10.8 Å². The zero-order chi connectivity index (χ0) is 25.1. The predicted molar refractivity (Wildman–Crippen MR) is 149 cm³/mol. The van der Waals surface area contributed by atoms with Crippen LogP contribution in [0.3, 0.4) is 0 Å². The van der Waals surface area contributed by atoms with Gasteiger partial charge in [-0.3, -0.25) is 4.21 Å². The quantitative estimate of drug-likeness (QED) is 0.161. The fourth-order valence-electron chi connectivity index (χ4n) is 4.15. The smallest absolute Gasteiger partial charge is 0.0818 e. The van der Waals surface area contributed by atoms with Gasteiger partial charge in [-0.15, -0.1) is 0 Å². The van der Waals surface area contributed by atoms with E-state index in [0.717, 1.165) is 36.7 Å². The molecule has 0 aliphatic carbocycles. The molecule has 34 heavy (non-hydrogen) atoms. The van der Waals surface area contributed by atoms with Crippen LogP contribution in [0.1, 0.15) is 111 Å². The van der Waals surface area contributed by atoms with Gasteiger partial charge in [-0.05, 0) is 36.2 Å². The standard InChI is InChI=1S/C30H54O3S/c1-27(2)18-13-10-8-6-7-9-11-16-22-34(31)23-17-21-32-26-29(24-30(3,4)5)33-25-28-19-14-12-15-20-28/h12,14-15,19-20,27,29H,6-11,13,16-18,21-26H2,1-5H3. The molecular weight excluding hydrogens is 440 g/mol. The maximum atomic E-state index is 12.3. The summed E-state index contributed by atoms with van der Waals surface area (Å²) in [5.74, 6) is 2.45. The monoisotopic (exact) mass is 494 g/mol. The molecule has 0 N–H and O–H groups in total. The lowest BCUT2D eigenvalue weighted by molar-refractivity contribution is -0.0422. The van der Waals surface area contributed by atoms with Gasteiger partial charge in [0.05, 0.1) is 19.3 Å². The van der Waals surface area contributed by atoms with Gasteiger partial charge < -0.3 is 9.47 Å². The van der Waals surface area contributed by atoms with Gasteiger partial charge in [-0.25, -0.2) is 0 Å². The molecule has 0 saturated carbocycles. The van der Waals surface area contributed by atoms with Crippen molar-refractivity contribution in [2.75, 3.05) is 24.7 Å². The van der Waals surface area contributed by atoms with E-state index in [1.807, 2.05) is 18.2 Å². The summed E-state index contributed by atoms with van der Waals surface area (Å²) in [5.41, 5.74) is 1.39. The first kappa shape index (κ1) is 31.3. The second-order valence-corrected chi connectivity index (χ2v) is 13.2. The highest BCUT2D eigenvalue weighted by Gasteiger charge is 2.19. The number of unbranched alkanes of at least 4 members (excludes halogenated alkanes) is 7. The van der Waals surface area contributed by atoms with Crippen molar-refractivity contribution in [1.82, 2.24) is 0 Å². The van der Waals surface area contributed by atoms with Crippen molar-refractivity contribution in [3.8, 4) is 0 Å². The molecule has 2 unspecified atom stereocenters. The first-order valence-electron chi connectivity index (χ1n) is 13.8. The minimum Gasteiger partial charge on any atom is -0.379 e. The molecule has 4 heteroatoms. The van der Waals surface area contributed by atoms with Crippen LogP contribution in [-0.4, -0.2) is 35.0 Å². The lowest BCUT2D eigenvalue weighted by atomic mass is 9.89. The Balaban J connectivity index is 2.04. The zero-order valence-corrected chi connectivity index (χ0v) is 23.8. The average molecular weight is 495 g/mol. The maximum Gasteiger partial charge on any atom is 0.0818 e. The molecule has 0 heterocycles. The Hall–Kier alpha value is -0.710. The van der Waals surface area contributed by atoms with Crippen LogP contribution in [0.15, 0.2) is 30.3 Å². The Morgan fingerprint density at radius 3 is 2.03 bits per heavy atom. The van der Waals surface area contributed by atoms with E-state index in [1.54, 1.807) is 0 Å². The molecule has 1 aromatic rings. The molecule has 0 amide bonds. The molecule has 0 saturated heterocycles. The molecule has 1 rings (SSSR count). The van der Waals surface area contributed by atoms with E-state index < -0.39 is 10.8 Å². The average Bonchev–Trinajstić information content (AvgIpc) is 2.78. The summed E-state index contributed by atoms with van der Waals surface area (Å²) < 4.78 is 24.4. The van der Waals surface area contributed by atoms with E-state index in [-0.39, 0.29) is 11.5 Å². The van der Waals surface area contributed by atoms with E-state index in [9.17, 15) is 4.21 Å². The van der Waals surface area contributed by atoms with Gasteiger partial charge in [0, 0.05) is 28.9 Å². The van der Waals surface area contributed by atoms with E-state index in [4.69, 9.17) is 9.47 Å². The SMILES string of the molecule is CC(C)CCCCCCCCCCS(=O)CCCOCC(CC(C)(C)C)OCc1ccccc1. The van der Waals surface area contributed by atoms with Gasteiger partial charge >= 0.3 is 0 Å². The summed E-state index contributed by atoms with van der Waals surface area (Å²) in [6.07, 6.45) is 13.8. The lowest BCUT2D eigenvalue weighted by Gasteiger charge is -2.26. The summed E-state index contributed by atoms with van der Waals surface area (Å²) >= 11 is 0. The fourth-order valence-corrected chi connectivity index (χ4v) is 5.32. The second-order valence-electron chi connectivity index (χ2n) is 11.5. The molecule has 198 valence electrons. The highest BCUT2D eigenvalue weighted by atomic mass is 32.2. The zero-order valence-electron chi connectivity index (χ0n) is 23.0. The molecule has 0 aliphatic rings. The summed E-state index contributed by atoms with van der Waals surface area (Å²) in [6, 6.07) is 10.3. The van der Waals surface area contributed by atoms with Crippen molar-refractivity contribution in [2.45, 2.75) is 118 Å². The van der Waals surface area contributed by atoms with Crippen LogP contribution < -0.4 is 0 Å². The van der Waals surface area contributed by atoms with Crippen LogP contribution in [0.4, 0.5) is 0 Å². The van der Waals surface area contributed by atoms with Crippen LogP contribution in [0.2, 0.25) is 0 Å². The molecule has 0 bridgehead atoms. The van der Waals surface area contributed by atoms with E-state index in [1.165, 1.54) is 56.9 Å². The summed E-state index contributed by atoms with van der Waals surface area (Å²) in [7, 11) is -0.706. The largest absolute Gasteiger partial charge is 0.379 e. The predicted octanol–water partition coefficient (Wildman–Crippen LogP) is 8.33. The van der Waals surface area contributed by atoms with Crippen molar-refractivity contribution in [1.29, 1.82) is 0 Å². The first-order chi connectivity index (χ1) is 16.3. The number of benzene rings is 1. The van der Waals surface area contributed by atoms with Crippen LogP contribution in [0.5, 0.6) is 0 Å². The molecule has 1 aromatic carbocycles. The maximum absolute atomic E-state index is 12.3. The first-order valence-corrected chi connectivity index (χ1v) is 15.3. The van der Waals surface area contributed by atoms with Gasteiger partial charge in [0.15, 0.2) is 0 Å². The highest BCUT2D eigenvalue weighted by Crippen LogP contribution is 2.23. The normalized spacial score (nSPS) is 13.9. The third-order valence-corrected chi connectivity index (χ3v) is 7.52. The van der Waals surface area contributed by atoms with E-state index in [0.29, 0.717) is 19.8 Å². The summed E-state index contributed by atoms with van der Waals surface area (Å²) in [5, 5.41) is 0. The van der Waals surface area contributed by atoms with Crippen molar-refractivity contribution in [3.63, 3.8) is 0 Å². The third kappa shape index (κ3) is 19.6. The van der Waals surface area contributed by atoms with Gasteiger partial charge in [0.2, 0.25) is 0 Å². The lowest BCUT2D eigenvalue weighted by Crippen LogP contribution is -2.26. The molecular formula is C30H54O3S. The van der Waals surface area contributed by atoms with Crippen LogP contribution >= 0.6 is 0 Å². The van der Waals surface area contributed by atoms with Crippen molar-refractivity contribution in [2.24, 2.45) is 11.3 Å². The minimum absolute atomic E-state index is 0.0842.